The minimum Gasteiger partial charge on any atom is -0.393 e. The minimum atomic E-state index is -0.00468. The fourth-order valence-corrected chi connectivity index (χ4v) is 2.71. The van der Waals surface area contributed by atoms with Crippen molar-refractivity contribution in [2.45, 2.75) is 59.0 Å². The van der Waals surface area contributed by atoms with E-state index >= 15 is 0 Å². The van der Waals surface area contributed by atoms with Crippen LogP contribution in [0.2, 0.25) is 0 Å². The van der Waals surface area contributed by atoms with Crippen molar-refractivity contribution in [3.63, 3.8) is 0 Å². The summed E-state index contributed by atoms with van der Waals surface area (Å²) in [6.45, 7) is 9.18. The smallest absolute Gasteiger partial charge is 0.290 e. The first-order valence-electron chi connectivity index (χ1n) is 6.59. The van der Waals surface area contributed by atoms with Gasteiger partial charge in [0.2, 0.25) is 0 Å². The highest BCUT2D eigenvalue weighted by atomic mass is 16.1. The summed E-state index contributed by atoms with van der Waals surface area (Å²) in [4.78, 5) is 12.3. The summed E-state index contributed by atoms with van der Waals surface area (Å²) >= 11 is 0. The largest absolute Gasteiger partial charge is 0.393 e. The van der Waals surface area contributed by atoms with Crippen LogP contribution in [0.25, 0.3) is 0 Å². The van der Waals surface area contributed by atoms with Crippen LogP contribution in [0.15, 0.2) is 4.79 Å². The Bertz CT molecular complexity index is 466. The van der Waals surface area contributed by atoms with Gasteiger partial charge in [0.05, 0.1) is 11.7 Å². The lowest BCUT2D eigenvalue weighted by atomic mass is 10.1. The van der Waals surface area contributed by atoms with Gasteiger partial charge in [-0.2, -0.15) is 0 Å². The van der Waals surface area contributed by atoms with Crippen LogP contribution in [0, 0.1) is 5.92 Å². The Labute approximate surface area is 102 Å². The number of nitrogen functional groups attached to an aromatic ring is 1. The van der Waals surface area contributed by atoms with Crippen molar-refractivity contribution in [1.82, 2.24) is 9.36 Å². The average molecular weight is 237 g/mol. The Balaban J connectivity index is 2.57. The first kappa shape index (κ1) is 12.3. The lowest BCUT2D eigenvalue weighted by Crippen LogP contribution is -2.28. The zero-order valence-electron chi connectivity index (χ0n) is 11.2. The molecule has 0 spiro atoms. The van der Waals surface area contributed by atoms with Crippen molar-refractivity contribution >= 4 is 5.69 Å². The van der Waals surface area contributed by atoms with E-state index in [-0.39, 0.29) is 17.5 Å². The van der Waals surface area contributed by atoms with Gasteiger partial charge < -0.3 is 5.73 Å². The summed E-state index contributed by atoms with van der Waals surface area (Å²) in [7, 11) is 0. The zero-order chi connectivity index (χ0) is 12.7. The number of aromatic nitrogens is 2. The van der Waals surface area contributed by atoms with E-state index in [1.54, 1.807) is 0 Å². The van der Waals surface area contributed by atoms with Gasteiger partial charge in [-0.3, -0.25) is 9.48 Å². The number of anilines is 1. The SMILES string of the molecule is CCn1c(C(C)C)c(N)c(=O)n1C(C)C1CC1. The van der Waals surface area contributed by atoms with Crippen molar-refractivity contribution in [2.75, 3.05) is 5.73 Å². The molecule has 1 aliphatic rings. The molecule has 2 N–H and O–H groups in total. The van der Waals surface area contributed by atoms with Crippen LogP contribution in [0.5, 0.6) is 0 Å². The molecule has 1 saturated carbocycles. The van der Waals surface area contributed by atoms with Crippen LogP contribution in [-0.4, -0.2) is 9.36 Å². The summed E-state index contributed by atoms with van der Waals surface area (Å²) in [5.74, 6) is 0.947. The normalized spacial score (nSPS) is 17.7. The van der Waals surface area contributed by atoms with Crippen molar-refractivity contribution in [2.24, 2.45) is 5.92 Å². The van der Waals surface area contributed by atoms with Gasteiger partial charge in [-0.1, -0.05) is 13.8 Å². The van der Waals surface area contributed by atoms with E-state index in [0.717, 1.165) is 12.2 Å². The van der Waals surface area contributed by atoms with Gasteiger partial charge in [0, 0.05) is 6.54 Å². The summed E-state index contributed by atoms with van der Waals surface area (Å²) in [5.41, 5.74) is 7.41. The molecular formula is C13H23N3O. The highest BCUT2D eigenvalue weighted by molar-refractivity contribution is 5.43. The van der Waals surface area contributed by atoms with E-state index < -0.39 is 0 Å². The number of rotatable bonds is 4. The maximum atomic E-state index is 12.3. The van der Waals surface area contributed by atoms with Crippen molar-refractivity contribution in [1.29, 1.82) is 0 Å². The maximum absolute atomic E-state index is 12.3. The second kappa shape index (κ2) is 4.24. The monoisotopic (exact) mass is 237 g/mol. The summed E-state index contributed by atoms with van der Waals surface area (Å²) in [6, 6.07) is 0.275. The second-order valence-electron chi connectivity index (χ2n) is 5.40. The van der Waals surface area contributed by atoms with Gasteiger partial charge in [-0.25, -0.2) is 4.68 Å². The molecule has 1 aromatic heterocycles. The standard InChI is InChI=1S/C13H23N3O/c1-5-15-12(8(2)3)11(14)13(17)16(15)9(4)10-6-7-10/h8-10H,5-7,14H2,1-4H3. The van der Waals surface area contributed by atoms with E-state index in [1.165, 1.54) is 12.8 Å². The molecule has 17 heavy (non-hydrogen) atoms. The third kappa shape index (κ3) is 1.90. The fraction of sp³-hybridized carbons (Fsp3) is 0.769. The maximum Gasteiger partial charge on any atom is 0.290 e. The Kier molecular flexibility index (Phi) is 3.06. The summed E-state index contributed by atoms with van der Waals surface area (Å²) in [6.07, 6.45) is 2.47. The first-order chi connectivity index (χ1) is 7.99. The van der Waals surface area contributed by atoms with Crippen LogP contribution in [0.4, 0.5) is 5.69 Å². The molecule has 0 saturated heterocycles. The van der Waals surface area contributed by atoms with Crippen LogP contribution in [0.1, 0.15) is 58.2 Å². The van der Waals surface area contributed by atoms with Gasteiger partial charge >= 0.3 is 0 Å². The average Bonchev–Trinajstić information content (AvgIpc) is 3.06. The molecule has 4 heteroatoms. The van der Waals surface area contributed by atoms with Crippen molar-refractivity contribution in [3.05, 3.63) is 16.0 Å². The highest BCUT2D eigenvalue weighted by Gasteiger charge is 2.33. The Morgan fingerprint density at radius 3 is 2.35 bits per heavy atom. The predicted octanol–water partition coefficient (Wildman–Crippen LogP) is 2.35. The number of hydrogen-bond acceptors (Lipinski definition) is 2. The molecule has 1 aliphatic carbocycles. The van der Waals surface area contributed by atoms with Crippen LogP contribution >= 0.6 is 0 Å². The van der Waals surface area contributed by atoms with Gasteiger partial charge in [0.15, 0.2) is 0 Å². The van der Waals surface area contributed by atoms with Crippen LogP contribution in [0.3, 0.4) is 0 Å². The topological polar surface area (TPSA) is 52.9 Å². The van der Waals surface area contributed by atoms with E-state index in [4.69, 9.17) is 5.73 Å². The molecule has 0 bridgehead atoms. The van der Waals surface area contributed by atoms with Gasteiger partial charge in [-0.05, 0) is 38.5 Å². The van der Waals surface area contributed by atoms with Gasteiger partial charge in [0.25, 0.3) is 5.56 Å². The highest BCUT2D eigenvalue weighted by Crippen LogP contribution is 2.39. The molecule has 0 aromatic carbocycles. The molecule has 96 valence electrons. The molecule has 0 amide bonds. The lowest BCUT2D eigenvalue weighted by molar-refractivity contribution is 0.347. The number of nitrogens with zero attached hydrogens (tertiary/aromatic N) is 2. The van der Waals surface area contributed by atoms with Crippen LogP contribution < -0.4 is 11.3 Å². The minimum absolute atomic E-state index is 0.00468. The van der Waals surface area contributed by atoms with Crippen LogP contribution in [-0.2, 0) is 6.54 Å². The molecule has 2 rings (SSSR count). The Hall–Kier alpha value is -1.19. The molecular weight excluding hydrogens is 214 g/mol. The molecule has 1 aromatic rings. The van der Waals surface area contributed by atoms with E-state index in [0.29, 0.717) is 11.6 Å². The molecule has 1 unspecified atom stereocenters. The Morgan fingerprint density at radius 2 is 1.94 bits per heavy atom. The molecule has 0 aliphatic heterocycles. The summed E-state index contributed by atoms with van der Waals surface area (Å²) in [5, 5.41) is 0. The third-order valence-electron chi connectivity index (χ3n) is 3.79. The fourth-order valence-electron chi connectivity index (χ4n) is 2.71. The Morgan fingerprint density at radius 1 is 1.35 bits per heavy atom. The molecule has 1 fully saturated rings. The zero-order valence-corrected chi connectivity index (χ0v) is 11.2. The summed E-state index contributed by atoms with van der Waals surface area (Å²) < 4.78 is 3.95. The quantitative estimate of drug-likeness (QED) is 0.874. The first-order valence-corrected chi connectivity index (χ1v) is 6.59. The number of nitrogens with two attached hydrogens (primary N) is 1. The van der Waals surface area contributed by atoms with Gasteiger partial charge in [0.1, 0.15) is 5.69 Å². The predicted molar refractivity (Wildman–Crippen MR) is 70.3 cm³/mol. The lowest BCUT2D eigenvalue weighted by Gasteiger charge is -2.19. The van der Waals surface area contributed by atoms with E-state index in [9.17, 15) is 4.79 Å². The van der Waals surface area contributed by atoms with E-state index in [2.05, 4.69) is 32.4 Å². The third-order valence-corrected chi connectivity index (χ3v) is 3.79. The van der Waals surface area contributed by atoms with Gasteiger partial charge in [-0.15, -0.1) is 0 Å². The van der Waals surface area contributed by atoms with E-state index in [1.807, 2.05) is 4.68 Å². The van der Waals surface area contributed by atoms with Crippen molar-refractivity contribution < 1.29 is 0 Å². The molecule has 1 atom stereocenters. The van der Waals surface area contributed by atoms with Crippen molar-refractivity contribution in [3.8, 4) is 0 Å². The second-order valence-corrected chi connectivity index (χ2v) is 5.40. The molecule has 1 heterocycles. The molecule has 0 radical (unpaired) electrons. The molecule has 4 nitrogen and oxygen atoms in total. The number of hydrogen-bond donors (Lipinski definition) is 1.